The van der Waals surface area contributed by atoms with Gasteiger partial charge >= 0.3 is 0 Å². The number of aliphatic hydroxyl groups excluding tert-OH is 2. The van der Waals surface area contributed by atoms with Crippen molar-refractivity contribution in [2.75, 3.05) is 26.2 Å². The minimum Gasteiger partial charge on any atom is -0.491 e. The van der Waals surface area contributed by atoms with Crippen LogP contribution in [0.25, 0.3) is 0 Å². The van der Waals surface area contributed by atoms with Gasteiger partial charge < -0.3 is 19.8 Å². The molecule has 0 amide bonds. The summed E-state index contributed by atoms with van der Waals surface area (Å²) in [6.45, 7) is 3.77. The lowest BCUT2D eigenvalue weighted by molar-refractivity contribution is 0.0278. The Morgan fingerprint density at radius 1 is 1.10 bits per heavy atom. The molecule has 1 aliphatic heterocycles. The third-order valence-electron chi connectivity index (χ3n) is 5.46. The van der Waals surface area contributed by atoms with E-state index in [1.165, 1.54) is 19.1 Å². The molecule has 3 rings (SSSR count). The summed E-state index contributed by atoms with van der Waals surface area (Å²) >= 11 is 0. The second kappa shape index (κ2) is 9.96. The zero-order valence-electron chi connectivity index (χ0n) is 16.6. The SMILES string of the molecule is CC(=O)c1ccc(OCC(O)CN2CCC(C(O)c3ccc(F)cc3)CC2)cc1. The van der Waals surface area contributed by atoms with Crippen LogP contribution in [-0.2, 0) is 0 Å². The first-order valence-corrected chi connectivity index (χ1v) is 10.00. The second-order valence-electron chi connectivity index (χ2n) is 7.68. The third-order valence-corrected chi connectivity index (χ3v) is 5.46. The zero-order chi connectivity index (χ0) is 20.8. The molecule has 6 heteroatoms. The van der Waals surface area contributed by atoms with Gasteiger partial charge in [0.2, 0.25) is 0 Å². The minimum atomic E-state index is -0.624. The van der Waals surface area contributed by atoms with Crippen molar-refractivity contribution in [2.24, 2.45) is 5.92 Å². The van der Waals surface area contributed by atoms with Crippen LogP contribution >= 0.6 is 0 Å². The van der Waals surface area contributed by atoms with Crippen molar-refractivity contribution in [3.63, 3.8) is 0 Å². The quantitative estimate of drug-likeness (QED) is 0.665. The van der Waals surface area contributed by atoms with Crippen LogP contribution in [0, 0.1) is 11.7 Å². The van der Waals surface area contributed by atoms with Gasteiger partial charge in [-0.25, -0.2) is 4.39 Å². The molecule has 2 unspecified atom stereocenters. The van der Waals surface area contributed by atoms with Gasteiger partial charge in [-0.05, 0) is 80.7 Å². The Morgan fingerprint density at radius 3 is 2.31 bits per heavy atom. The van der Waals surface area contributed by atoms with Crippen LogP contribution in [0.5, 0.6) is 5.75 Å². The van der Waals surface area contributed by atoms with Gasteiger partial charge in [-0.2, -0.15) is 0 Å². The van der Waals surface area contributed by atoms with E-state index < -0.39 is 12.2 Å². The Morgan fingerprint density at radius 2 is 1.72 bits per heavy atom. The number of piperidine rings is 1. The average molecular weight is 401 g/mol. The Hall–Kier alpha value is -2.28. The molecule has 2 N–H and O–H groups in total. The van der Waals surface area contributed by atoms with E-state index in [2.05, 4.69) is 4.90 Å². The fraction of sp³-hybridized carbons (Fsp3) is 0.435. The lowest BCUT2D eigenvalue weighted by Crippen LogP contribution is -2.41. The van der Waals surface area contributed by atoms with E-state index in [1.807, 2.05) is 0 Å². The summed E-state index contributed by atoms with van der Waals surface area (Å²) in [6.07, 6.45) is 0.419. The predicted molar refractivity (Wildman–Crippen MR) is 108 cm³/mol. The predicted octanol–water partition coefficient (Wildman–Crippen LogP) is 3.21. The van der Waals surface area contributed by atoms with Gasteiger partial charge in [-0.15, -0.1) is 0 Å². The molecule has 5 nitrogen and oxygen atoms in total. The smallest absolute Gasteiger partial charge is 0.159 e. The number of Topliss-reactive ketones (excluding diaryl/α,β-unsaturated/α-hetero) is 1. The first kappa shape index (κ1) is 21.4. The maximum Gasteiger partial charge on any atom is 0.159 e. The molecule has 1 saturated heterocycles. The van der Waals surface area contributed by atoms with Crippen molar-refractivity contribution in [3.05, 3.63) is 65.5 Å². The van der Waals surface area contributed by atoms with Crippen LogP contribution in [-0.4, -0.2) is 53.2 Å². The Balaban J connectivity index is 1.40. The van der Waals surface area contributed by atoms with Crippen LogP contribution in [0.4, 0.5) is 4.39 Å². The van der Waals surface area contributed by atoms with E-state index in [9.17, 15) is 19.4 Å². The summed E-state index contributed by atoms with van der Waals surface area (Å²) in [6, 6.07) is 12.9. The fourth-order valence-corrected chi connectivity index (χ4v) is 3.71. The van der Waals surface area contributed by atoms with Crippen molar-refractivity contribution >= 4 is 5.78 Å². The van der Waals surface area contributed by atoms with E-state index in [1.54, 1.807) is 36.4 Å². The number of halogens is 1. The minimum absolute atomic E-state index is 0.00420. The number of hydrogen-bond acceptors (Lipinski definition) is 5. The lowest BCUT2D eigenvalue weighted by Gasteiger charge is -2.35. The van der Waals surface area contributed by atoms with E-state index in [4.69, 9.17) is 4.74 Å². The molecule has 1 heterocycles. The molecule has 1 aliphatic rings. The summed E-state index contributed by atoms with van der Waals surface area (Å²) in [7, 11) is 0. The molecule has 0 aromatic heterocycles. The van der Waals surface area contributed by atoms with Crippen molar-refractivity contribution in [1.29, 1.82) is 0 Å². The van der Waals surface area contributed by atoms with Gasteiger partial charge in [0.05, 0.1) is 6.10 Å². The maximum atomic E-state index is 13.1. The van der Waals surface area contributed by atoms with Crippen LogP contribution < -0.4 is 4.74 Å². The van der Waals surface area contributed by atoms with Crippen LogP contribution in [0.2, 0.25) is 0 Å². The van der Waals surface area contributed by atoms with Gasteiger partial charge in [0.25, 0.3) is 0 Å². The summed E-state index contributed by atoms with van der Waals surface area (Å²) in [4.78, 5) is 13.5. The molecule has 156 valence electrons. The molecule has 1 fully saturated rings. The molecule has 0 radical (unpaired) electrons. The molecular formula is C23H28FNO4. The first-order valence-electron chi connectivity index (χ1n) is 10.00. The van der Waals surface area contributed by atoms with Gasteiger partial charge in [0, 0.05) is 12.1 Å². The maximum absolute atomic E-state index is 13.1. The van der Waals surface area contributed by atoms with E-state index in [0.717, 1.165) is 31.5 Å². The Kier molecular flexibility index (Phi) is 7.36. The zero-order valence-corrected chi connectivity index (χ0v) is 16.6. The highest BCUT2D eigenvalue weighted by molar-refractivity contribution is 5.94. The summed E-state index contributed by atoms with van der Waals surface area (Å²) in [5, 5.41) is 20.8. The van der Waals surface area contributed by atoms with Crippen molar-refractivity contribution in [3.8, 4) is 5.75 Å². The van der Waals surface area contributed by atoms with Crippen molar-refractivity contribution in [2.45, 2.75) is 32.0 Å². The number of likely N-dealkylation sites (tertiary alicyclic amines) is 1. The molecule has 0 spiro atoms. The fourth-order valence-electron chi connectivity index (χ4n) is 3.71. The molecule has 2 atom stereocenters. The molecule has 0 aliphatic carbocycles. The largest absolute Gasteiger partial charge is 0.491 e. The molecule has 2 aromatic carbocycles. The topological polar surface area (TPSA) is 70.0 Å². The number of ether oxygens (including phenoxy) is 1. The van der Waals surface area contributed by atoms with Crippen LogP contribution in [0.3, 0.4) is 0 Å². The summed E-state index contributed by atoms with van der Waals surface area (Å²) in [5.41, 5.74) is 1.37. The molecule has 0 bridgehead atoms. The number of rotatable bonds is 8. The highest BCUT2D eigenvalue weighted by Crippen LogP contribution is 2.30. The Bertz CT molecular complexity index is 786. The van der Waals surface area contributed by atoms with E-state index >= 15 is 0 Å². The van der Waals surface area contributed by atoms with Crippen molar-refractivity contribution < 1.29 is 24.1 Å². The second-order valence-corrected chi connectivity index (χ2v) is 7.68. The highest BCUT2D eigenvalue weighted by atomic mass is 19.1. The highest BCUT2D eigenvalue weighted by Gasteiger charge is 2.27. The van der Waals surface area contributed by atoms with Gasteiger partial charge in [0.15, 0.2) is 5.78 Å². The number of nitrogens with zero attached hydrogens (tertiary/aromatic N) is 1. The number of β-amino-alcohol motifs (C(OH)–C–C–N with tert-alkyl or cyclic N) is 1. The molecule has 0 saturated carbocycles. The average Bonchev–Trinajstić information content (AvgIpc) is 2.73. The number of carbonyl (C=O) groups is 1. The van der Waals surface area contributed by atoms with Gasteiger partial charge in [0.1, 0.15) is 24.3 Å². The first-order chi connectivity index (χ1) is 13.9. The monoisotopic (exact) mass is 401 g/mol. The number of aliphatic hydroxyl groups is 2. The lowest BCUT2D eigenvalue weighted by atomic mass is 9.87. The molecule has 29 heavy (non-hydrogen) atoms. The van der Waals surface area contributed by atoms with E-state index in [0.29, 0.717) is 17.9 Å². The molecular weight excluding hydrogens is 373 g/mol. The summed E-state index contributed by atoms with van der Waals surface area (Å²) < 4.78 is 18.7. The van der Waals surface area contributed by atoms with Crippen LogP contribution in [0.1, 0.15) is 41.8 Å². The number of hydrogen-bond donors (Lipinski definition) is 2. The number of benzene rings is 2. The standard InChI is InChI=1S/C23H28FNO4/c1-16(26)17-4-8-22(9-5-17)29-15-21(27)14-25-12-10-19(11-13-25)23(28)18-2-6-20(24)7-3-18/h2-9,19,21,23,27-28H,10-15H2,1H3. The molecule has 2 aromatic rings. The van der Waals surface area contributed by atoms with Gasteiger partial charge in [-0.3, -0.25) is 4.79 Å². The summed E-state index contributed by atoms with van der Waals surface area (Å²) in [5.74, 6) is 0.450. The third kappa shape index (κ3) is 6.10. The number of carbonyl (C=O) groups excluding carboxylic acids is 1. The number of ketones is 1. The van der Waals surface area contributed by atoms with Crippen molar-refractivity contribution in [1.82, 2.24) is 4.90 Å². The van der Waals surface area contributed by atoms with Gasteiger partial charge in [-0.1, -0.05) is 12.1 Å². The Labute approximate surface area is 170 Å². The van der Waals surface area contributed by atoms with E-state index in [-0.39, 0.29) is 24.1 Å². The normalized spacial score (nSPS) is 17.7. The van der Waals surface area contributed by atoms with Crippen LogP contribution in [0.15, 0.2) is 48.5 Å².